The van der Waals surface area contributed by atoms with E-state index in [2.05, 4.69) is 133 Å². The average molecular weight is 757 g/mol. The van der Waals surface area contributed by atoms with Crippen LogP contribution in [0.5, 0.6) is 11.5 Å². The van der Waals surface area contributed by atoms with Crippen molar-refractivity contribution in [2.75, 3.05) is 0 Å². The number of aromatic nitrogens is 3. The van der Waals surface area contributed by atoms with E-state index in [9.17, 15) is 5.26 Å². The molecule has 0 radical (unpaired) electrons. The Kier molecular flexibility index (Phi) is 7.81. The predicted octanol–water partition coefficient (Wildman–Crippen LogP) is 9.54. The highest BCUT2D eigenvalue weighted by Crippen LogP contribution is 2.41. The normalized spacial score (nSPS) is 12.7. The molecule has 3 heterocycles. The van der Waals surface area contributed by atoms with Crippen molar-refractivity contribution in [2.24, 2.45) is 0 Å². The summed E-state index contributed by atoms with van der Waals surface area (Å²) in [5.41, 5.74) is 10.2. The molecule has 0 N–H and O–H groups in total. The Morgan fingerprint density at radius 2 is 0.862 bits per heavy atom. The lowest BCUT2D eigenvalue weighted by Gasteiger charge is -2.37. The monoisotopic (exact) mass is 756 g/mol. The number of nitriles is 1. The van der Waals surface area contributed by atoms with Gasteiger partial charge in [0.25, 0.3) is 0 Å². The van der Waals surface area contributed by atoms with Gasteiger partial charge in [0, 0.05) is 16.7 Å². The topological polar surface area (TPSA) is 71.7 Å². The van der Waals surface area contributed by atoms with E-state index in [0.717, 1.165) is 44.9 Å². The van der Waals surface area contributed by atoms with E-state index in [4.69, 9.17) is 19.7 Å². The molecule has 0 saturated heterocycles. The van der Waals surface area contributed by atoms with E-state index in [1.807, 2.05) is 66.7 Å². The first-order valence-corrected chi connectivity index (χ1v) is 21.3. The summed E-state index contributed by atoms with van der Waals surface area (Å²) in [5, 5.41) is 14.6. The summed E-state index contributed by atoms with van der Waals surface area (Å²) in [5.74, 6) is 3.66. The molecule has 2 aliphatic rings. The van der Waals surface area contributed by atoms with Gasteiger partial charge >= 0.3 is 0 Å². The Morgan fingerprint density at radius 3 is 1.53 bits per heavy atom. The molecule has 270 valence electrons. The average Bonchev–Trinajstić information content (AvgIpc) is 3.60. The van der Waals surface area contributed by atoms with Gasteiger partial charge in [0.05, 0.1) is 11.6 Å². The van der Waals surface area contributed by atoms with Gasteiger partial charge in [0.15, 0.2) is 25.5 Å². The Morgan fingerprint density at radius 1 is 0.379 bits per heavy atom. The Hall–Kier alpha value is -7.72. The lowest BCUT2D eigenvalue weighted by atomic mass is 9.93. The third kappa shape index (κ3) is 5.26. The van der Waals surface area contributed by atoms with E-state index < -0.39 is 8.07 Å². The third-order valence-corrected chi connectivity index (χ3v) is 16.3. The van der Waals surface area contributed by atoms with Crippen LogP contribution in [0.25, 0.3) is 67.5 Å². The largest absolute Gasteiger partial charge is 0.458 e. The van der Waals surface area contributed by atoms with E-state index in [1.165, 1.54) is 37.4 Å². The molecular formula is C52H32N4OSi. The Labute approximate surface area is 337 Å². The molecule has 58 heavy (non-hydrogen) atoms. The van der Waals surface area contributed by atoms with Gasteiger partial charge in [-0.15, -0.1) is 0 Å². The molecule has 0 fully saturated rings. The molecule has 0 atom stereocenters. The minimum Gasteiger partial charge on any atom is -0.458 e. The molecular weight excluding hydrogens is 725 g/mol. The van der Waals surface area contributed by atoms with E-state index >= 15 is 0 Å². The van der Waals surface area contributed by atoms with Gasteiger partial charge in [-0.1, -0.05) is 158 Å². The molecule has 11 rings (SSSR count). The van der Waals surface area contributed by atoms with Crippen molar-refractivity contribution >= 4 is 28.8 Å². The maximum Gasteiger partial charge on any atom is 0.189 e. The molecule has 0 unspecified atom stereocenters. The third-order valence-electron chi connectivity index (χ3n) is 11.4. The summed E-state index contributed by atoms with van der Waals surface area (Å²) < 4.78 is 6.60. The van der Waals surface area contributed by atoms with Crippen molar-refractivity contribution in [2.45, 2.75) is 0 Å². The zero-order valence-corrected chi connectivity index (χ0v) is 32.2. The van der Waals surface area contributed by atoms with Gasteiger partial charge in [-0.3, -0.25) is 0 Å². The summed E-state index contributed by atoms with van der Waals surface area (Å²) in [6, 6.07) is 69.8. The molecule has 0 bridgehead atoms. The molecule has 6 heteroatoms. The summed E-state index contributed by atoms with van der Waals surface area (Å²) in [4.78, 5) is 15.3. The minimum absolute atomic E-state index is 0.587. The van der Waals surface area contributed by atoms with Crippen LogP contribution in [0.4, 0.5) is 0 Å². The molecule has 0 amide bonds. The molecule has 8 aromatic carbocycles. The molecule has 1 spiro atoms. The number of ether oxygens (including phenoxy) is 1. The maximum absolute atomic E-state index is 9.34. The summed E-state index contributed by atoms with van der Waals surface area (Å²) in [6.07, 6.45) is 0. The lowest BCUT2D eigenvalue weighted by molar-refractivity contribution is 0.487. The highest BCUT2D eigenvalue weighted by atomic mass is 28.3. The second kappa shape index (κ2) is 13.5. The first kappa shape index (κ1) is 33.6. The van der Waals surface area contributed by atoms with Crippen molar-refractivity contribution in [3.8, 4) is 85.1 Å². The standard InChI is InChI=1S/C52H32N4OSi/c53-33-34-27-29-35(30-28-34)37-15-10-17-39(31-37)51-54-50(36-13-2-1-3-14-36)55-52(56-51)40-18-11-16-38(32-40)41-20-12-26-48-49(41)42-19-4-7-23-45(42)58(48)46-24-8-5-21-43(46)57-44-22-6-9-25-47(44)58/h1-32H. The maximum atomic E-state index is 9.34. The van der Waals surface area contributed by atoms with Gasteiger partial charge in [-0.05, 0) is 90.5 Å². The van der Waals surface area contributed by atoms with Gasteiger partial charge in [-0.25, -0.2) is 15.0 Å². The fraction of sp³-hybridized carbons (Fsp3) is 0. The molecule has 9 aromatic rings. The highest BCUT2D eigenvalue weighted by molar-refractivity contribution is 7.23. The zero-order chi connectivity index (χ0) is 38.6. The number of para-hydroxylation sites is 2. The Balaban J connectivity index is 1.08. The van der Waals surface area contributed by atoms with Crippen LogP contribution in [-0.2, 0) is 0 Å². The smallest absolute Gasteiger partial charge is 0.189 e. The van der Waals surface area contributed by atoms with Crippen LogP contribution < -0.4 is 25.5 Å². The van der Waals surface area contributed by atoms with Crippen LogP contribution in [0.2, 0.25) is 0 Å². The molecule has 5 nitrogen and oxygen atoms in total. The van der Waals surface area contributed by atoms with Gasteiger partial charge in [0.1, 0.15) is 11.5 Å². The van der Waals surface area contributed by atoms with Crippen molar-refractivity contribution in [3.63, 3.8) is 0 Å². The highest BCUT2D eigenvalue weighted by Gasteiger charge is 2.53. The van der Waals surface area contributed by atoms with E-state index in [0.29, 0.717) is 23.0 Å². The number of nitrogens with zero attached hydrogens (tertiary/aromatic N) is 4. The van der Waals surface area contributed by atoms with Gasteiger partial charge < -0.3 is 4.74 Å². The second-order valence-corrected chi connectivity index (χ2v) is 18.3. The first-order valence-electron chi connectivity index (χ1n) is 19.3. The molecule has 1 aromatic heterocycles. The summed E-state index contributed by atoms with van der Waals surface area (Å²) in [7, 11) is -2.74. The van der Waals surface area contributed by atoms with Crippen molar-refractivity contribution < 1.29 is 4.74 Å². The predicted molar refractivity (Wildman–Crippen MR) is 234 cm³/mol. The summed E-state index contributed by atoms with van der Waals surface area (Å²) >= 11 is 0. The van der Waals surface area contributed by atoms with Crippen LogP contribution in [0.3, 0.4) is 0 Å². The SMILES string of the molecule is N#Cc1ccc(-c2cccc(-c3nc(-c4ccccc4)nc(-c4cccc(-c5cccc6c5-c5ccccc5[Si]65c6ccccc6Oc6ccccc65)c4)n3)c2)cc1. The molecule has 2 aliphatic heterocycles. The van der Waals surface area contributed by atoms with Crippen LogP contribution in [-0.4, -0.2) is 23.0 Å². The quantitative estimate of drug-likeness (QED) is 0.164. The zero-order valence-electron chi connectivity index (χ0n) is 31.2. The molecule has 0 aliphatic carbocycles. The number of benzene rings is 8. The van der Waals surface area contributed by atoms with Crippen LogP contribution in [0.15, 0.2) is 194 Å². The van der Waals surface area contributed by atoms with Gasteiger partial charge in [0.2, 0.25) is 0 Å². The number of rotatable bonds is 5. The summed E-state index contributed by atoms with van der Waals surface area (Å²) in [6.45, 7) is 0. The number of hydrogen-bond acceptors (Lipinski definition) is 5. The van der Waals surface area contributed by atoms with Crippen LogP contribution in [0, 0.1) is 11.3 Å². The minimum atomic E-state index is -2.74. The molecule has 0 saturated carbocycles. The van der Waals surface area contributed by atoms with Crippen molar-refractivity contribution in [1.82, 2.24) is 15.0 Å². The number of hydrogen-bond donors (Lipinski definition) is 0. The first-order chi connectivity index (χ1) is 28.7. The lowest BCUT2D eigenvalue weighted by Crippen LogP contribution is -2.74. The van der Waals surface area contributed by atoms with Crippen molar-refractivity contribution in [3.05, 3.63) is 200 Å². The second-order valence-electron chi connectivity index (χ2n) is 14.6. The van der Waals surface area contributed by atoms with Crippen molar-refractivity contribution in [1.29, 1.82) is 5.26 Å². The van der Waals surface area contributed by atoms with E-state index in [1.54, 1.807) is 0 Å². The van der Waals surface area contributed by atoms with Gasteiger partial charge in [-0.2, -0.15) is 5.26 Å². The fourth-order valence-corrected chi connectivity index (χ4v) is 14.3. The van der Waals surface area contributed by atoms with Crippen LogP contribution >= 0.6 is 0 Å². The van der Waals surface area contributed by atoms with E-state index in [-0.39, 0.29) is 0 Å². The Bertz CT molecular complexity index is 3070. The fourth-order valence-electron chi connectivity index (χ4n) is 8.89. The van der Waals surface area contributed by atoms with Crippen LogP contribution in [0.1, 0.15) is 5.56 Å². The number of fused-ring (bicyclic) bond motifs is 9.